The second kappa shape index (κ2) is 6.30. The van der Waals surface area contributed by atoms with Crippen molar-refractivity contribution in [2.45, 2.75) is 12.8 Å². The van der Waals surface area contributed by atoms with Crippen LogP contribution in [0, 0.1) is 5.92 Å². The van der Waals surface area contributed by atoms with Crippen LogP contribution in [0.1, 0.15) is 12.8 Å². The van der Waals surface area contributed by atoms with Gasteiger partial charge in [0.25, 0.3) is 0 Å². The molecule has 2 aliphatic rings. The van der Waals surface area contributed by atoms with Crippen LogP contribution < -0.4 is 10.2 Å². The molecular weight excluding hydrogens is 238 g/mol. The molecule has 0 spiro atoms. The Morgan fingerprint density at radius 1 is 1.16 bits per heavy atom. The molecule has 0 saturated carbocycles. The van der Waals surface area contributed by atoms with Crippen molar-refractivity contribution in [1.29, 1.82) is 0 Å². The van der Waals surface area contributed by atoms with Crippen molar-refractivity contribution in [3.05, 3.63) is 18.3 Å². The van der Waals surface area contributed by atoms with Crippen LogP contribution in [-0.2, 0) is 0 Å². The number of anilines is 1. The fraction of sp³-hybridized carbons (Fsp3) is 0.714. The van der Waals surface area contributed by atoms with E-state index in [0.717, 1.165) is 37.9 Å². The predicted molar refractivity (Wildman–Crippen MR) is 76.3 cm³/mol. The van der Waals surface area contributed by atoms with Gasteiger partial charge in [-0.1, -0.05) is 0 Å². The van der Waals surface area contributed by atoms with Crippen LogP contribution in [0.15, 0.2) is 18.3 Å². The van der Waals surface area contributed by atoms with Gasteiger partial charge >= 0.3 is 0 Å². The standard InChI is InChI=1S/C14H23N5/c1-2-14(17-16-5-1)19-10-8-18(9-11-19)12-13-3-6-15-7-4-13/h1-2,5,13,15H,3-4,6-12H2. The van der Waals surface area contributed by atoms with Crippen molar-refractivity contribution in [3.8, 4) is 0 Å². The molecule has 19 heavy (non-hydrogen) atoms. The highest BCUT2D eigenvalue weighted by Gasteiger charge is 2.21. The molecule has 3 rings (SSSR count). The zero-order chi connectivity index (χ0) is 12.9. The zero-order valence-corrected chi connectivity index (χ0v) is 11.5. The van der Waals surface area contributed by atoms with Gasteiger partial charge in [0, 0.05) is 38.9 Å². The topological polar surface area (TPSA) is 44.3 Å². The lowest BCUT2D eigenvalue weighted by Gasteiger charge is -2.37. The Morgan fingerprint density at radius 3 is 2.63 bits per heavy atom. The number of piperazine rings is 1. The van der Waals surface area contributed by atoms with E-state index in [4.69, 9.17) is 0 Å². The van der Waals surface area contributed by atoms with Crippen LogP contribution in [0.5, 0.6) is 0 Å². The van der Waals surface area contributed by atoms with Crippen molar-refractivity contribution in [1.82, 2.24) is 20.4 Å². The van der Waals surface area contributed by atoms with Gasteiger partial charge < -0.3 is 10.2 Å². The van der Waals surface area contributed by atoms with E-state index in [2.05, 4.69) is 31.4 Å². The molecule has 0 aromatic carbocycles. The van der Waals surface area contributed by atoms with E-state index in [9.17, 15) is 0 Å². The number of rotatable bonds is 3. The monoisotopic (exact) mass is 261 g/mol. The van der Waals surface area contributed by atoms with E-state index in [1.165, 1.54) is 32.5 Å². The first-order valence-electron chi connectivity index (χ1n) is 7.37. The lowest BCUT2D eigenvalue weighted by atomic mass is 9.97. The lowest BCUT2D eigenvalue weighted by molar-refractivity contribution is 0.196. The summed E-state index contributed by atoms with van der Waals surface area (Å²) < 4.78 is 0. The number of nitrogens with zero attached hydrogens (tertiary/aromatic N) is 4. The van der Waals surface area contributed by atoms with Gasteiger partial charge in [-0.3, -0.25) is 4.90 Å². The van der Waals surface area contributed by atoms with E-state index in [1.54, 1.807) is 6.20 Å². The normalized spacial score (nSPS) is 22.6. The molecular formula is C14H23N5. The van der Waals surface area contributed by atoms with Gasteiger partial charge in [0.1, 0.15) is 0 Å². The Morgan fingerprint density at radius 2 is 1.95 bits per heavy atom. The molecule has 0 radical (unpaired) electrons. The maximum Gasteiger partial charge on any atom is 0.151 e. The molecule has 0 amide bonds. The SMILES string of the molecule is c1cnnc(N2CCN(CC3CCNCC3)CC2)c1. The Bertz CT molecular complexity index is 369. The molecule has 0 atom stereocenters. The smallest absolute Gasteiger partial charge is 0.151 e. The number of hydrogen-bond donors (Lipinski definition) is 1. The summed E-state index contributed by atoms with van der Waals surface area (Å²) in [6.07, 6.45) is 4.41. The summed E-state index contributed by atoms with van der Waals surface area (Å²) in [6.45, 7) is 8.12. The van der Waals surface area contributed by atoms with E-state index in [0.29, 0.717) is 0 Å². The average Bonchev–Trinajstić information content (AvgIpc) is 2.50. The van der Waals surface area contributed by atoms with Crippen LogP contribution in [0.4, 0.5) is 5.82 Å². The predicted octanol–water partition coefficient (Wildman–Crippen LogP) is 0.598. The summed E-state index contributed by atoms with van der Waals surface area (Å²) in [5, 5.41) is 11.6. The molecule has 1 N–H and O–H groups in total. The molecule has 0 aliphatic carbocycles. The summed E-state index contributed by atoms with van der Waals surface area (Å²) in [5.74, 6) is 1.91. The number of hydrogen-bond acceptors (Lipinski definition) is 5. The summed E-state index contributed by atoms with van der Waals surface area (Å²) in [7, 11) is 0. The molecule has 0 bridgehead atoms. The Labute approximate surface area is 115 Å². The van der Waals surface area contributed by atoms with Gasteiger partial charge in [-0.2, -0.15) is 5.10 Å². The van der Waals surface area contributed by atoms with Crippen molar-refractivity contribution < 1.29 is 0 Å². The summed E-state index contributed by atoms with van der Waals surface area (Å²) in [4.78, 5) is 4.95. The van der Waals surface area contributed by atoms with Crippen LogP contribution in [0.2, 0.25) is 0 Å². The van der Waals surface area contributed by atoms with Gasteiger partial charge in [0.2, 0.25) is 0 Å². The quantitative estimate of drug-likeness (QED) is 0.863. The first-order valence-corrected chi connectivity index (χ1v) is 7.37. The van der Waals surface area contributed by atoms with Crippen molar-refractivity contribution in [2.75, 3.05) is 50.7 Å². The van der Waals surface area contributed by atoms with Crippen LogP contribution in [0.3, 0.4) is 0 Å². The maximum atomic E-state index is 4.19. The molecule has 2 saturated heterocycles. The van der Waals surface area contributed by atoms with E-state index in [-0.39, 0.29) is 0 Å². The zero-order valence-electron chi connectivity index (χ0n) is 11.5. The van der Waals surface area contributed by atoms with Crippen molar-refractivity contribution in [3.63, 3.8) is 0 Å². The molecule has 5 heteroatoms. The van der Waals surface area contributed by atoms with Gasteiger partial charge in [0.05, 0.1) is 0 Å². The largest absolute Gasteiger partial charge is 0.353 e. The molecule has 104 valence electrons. The van der Waals surface area contributed by atoms with Crippen LogP contribution >= 0.6 is 0 Å². The molecule has 1 aromatic heterocycles. The molecule has 0 unspecified atom stereocenters. The molecule has 2 fully saturated rings. The van der Waals surface area contributed by atoms with Crippen molar-refractivity contribution >= 4 is 5.82 Å². The highest BCUT2D eigenvalue weighted by Crippen LogP contribution is 2.16. The minimum absolute atomic E-state index is 0.893. The molecule has 3 heterocycles. The van der Waals surface area contributed by atoms with E-state index >= 15 is 0 Å². The molecule has 5 nitrogen and oxygen atoms in total. The van der Waals surface area contributed by atoms with E-state index < -0.39 is 0 Å². The third-order valence-corrected chi connectivity index (χ3v) is 4.23. The third-order valence-electron chi connectivity index (χ3n) is 4.23. The Hall–Kier alpha value is -1.20. The summed E-state index contributed by atoms with van der Waals surface area (Å²) >= 11 is 0. The third kappa shape index (κ3) is 3.42. The van der Waals surface area contributed by atoms with Gasteiger partial charge in [-0.15, -0.1) is 5.10 Å². The number of nitrogens with one attached hydrogen (secondary N) is 1. The van der Waals surface area contributed by atoms with Crippen LogP contribution in [-0.4, -0.2) is 60.9 Å². The van der Waals surface area contributed by atoms with Gasteiger partial charge in [-0.25, -0.2) is 0 Å². The lowest BCUT2D eigenvalue weighted by Crippen LogP contribution is -2.48. The Kier molecular flexibility index (Phi) is 4.25. The van der Waals surface area contributed by atoms with Gasteiger partial charge in [-0.05, 0) is 44.0 Å². The second-order valence-corrected chi connectivity index (χ2v) is 5.56. The highest BCUT2D eigenvalue weighted by atomic mass is 15.3. The van der Waals surface area contributed by atoms with E-state index in [1.807, 2.05) is 6.07 Å². The minimum Gasteiger partial charge on any atom is -0.353 e. The first kappa shape index (κ1) is 12.8. The summed E-state index contributed by atoms with van der Waals surface area (Å²) in [6, 6.07) is 4.01. The average molecular weight is 261 g/mol. The highest BCUT2D eigenvalue weighted by molar-refractivity contribution is 5.36. The molecule has 1 aromatic rings. The fourth-order valence-corrected chi connectivity index (χ4v) is 3.05. The van der Waals surface area contributed by atoms with Crippen molar-refractivity contribution in [2.24, 2.45) is 5.92 Å². The minimum atomic E-state index is 0.893. The fourth-order valence-electron chi connectivity index (χ4n) is 3.05. The first-order chi connectivity index (χ1) is 9.42. The Balaban J connectivity index is 1.46. The second-order valence-electron chi connectivity index (χ2n) is 5.56. The molecule has 2 aliphatic heterocycles. The van der Waals surface area contributed by atoms with Gasteiger partial charge in [0.15, 0.2) is 5.82 Å². The van der Waals surface area contributed by atoms with Crippen LogP contribution in [0.25, 0.3) is 0 Å². The maximum absolute atomic E-state index is 4.19. The number of piperidine rings is 1. The number of aromatic nitrogens is 2. The summed E-state index contributed by atoms with van der Waals surface area (Å²) in [5.41, 5.74) is 0.